The highest BCUT2D eigenvalue weighted by atomic mass is 35.5. The first-order chi connectivity index (χ1) is 15.0. The Balaban J connectivity index is 0.000000311. The minimum absolute atomic E-state index is 0.250. The van der Waals surface area contributed by atoms with Crippen LogP contribution >= 0.6 is 11.6 Å². The molecule has 7 heteroatoms. The van der Waals surface area contributed by atoms with Crippen LogP contribution in [0.4, 0.5) is 4.79 Å². The topological polar surface area (TPSA) is 101 Å². The van der Waals surface area contributed by atoms with Gasteiger partial charge >= 0.3 is 11.4 Å². The Bertz CT molecular complexity index is 901. The van der Waals surface area contributed by atoms with E-state index in [9.17, 15) is 14.7 Å². The molecule has 0 aliphatic heterocycles. The summed E-state index contributed by atoms with van der Waals surface area (Å²) in [6.45, 7) is -0.250. The van der Waals surface area contributed by atoms with Gasteiger partial charge in [0, 0.05) is 11.6 Å². The molecule has 0 bridgehead atoms. The summed E-state index contributed by atoms with van der Waals surface area (Å²) in [4.78, 5) is 29.8. The van der Waals surface area contributed by atoms with Gasteiger partial charge in [0.05, 0.1) is 5.92 Å². The van der Waals surface area contributed by atoms with Crippen LogP contribution in [-0.2, 0) is 16.0 Å². The maximum Gasteiger partial charge on any atom is 0.409 e. The Morgan fingerprint density at radius 2 is 1.32 bits per heavy atom. The summed E-state index contributed by atoms with van der Waals surface area (Å²) >= 11 is 4.95. The zero-order valence-corrected chi connectivity index (χ0v) is 17.4. The van der Waals surface area contributed by atoms with Gasteiger partial charge in [-0.3, -0.25) is 9.59 Å². The number of hydrogen-bond acceptors (Lipinski definition) is 4. The molecule has 0 aliphatic carbocycles. The van der Waals surface area contributed by atoms with Crippen molar-refractivity contribution in [1.29, 1.82) is 0 Å². The second-order valence-corrected chi connectivity index (χ2v) is 6.39. The zero-order chi connectivity index (χ0) is 22.9. The third-order valence-electron chi connectivity index (χ3n) is 4.01. The van der Waals surface area contributed by atoms with Crippen molar-refractivity contribution in [2.75, 3.05) is 0 Å². The fourth-order valence-electron chi connectivity index (χ4n) is 2.65. The van der Waals surface area contributed by atoms with Gasteiger partial charge in [-0.1, -0.05) is 78.9 Å². The molecular weight excluding hydrogens is 420 g/mol. The van der Waals surface area contributed by atoms with E-state index in [0.29, 0.717) is 12.2 Å². The highest BCUT2D eigenvalue weighted by molar-refractivity contribution is 6.61. The number of benzene rings is 3. The van der Waals surface area contributed by atoms with Gasteiger partial charge in [-0.25, -0.2) is 4.79 Å². The lowest BCUT2D eigenvalue weighted by molar-refractivity contribution is -0.139. The van der Waals surface area contributed by atoms with Crippen molar-refractivity contribution in [3.05, 3.63) is 102 Å². The normalized spacial score (nSPS) is 10.2. The number of aryl methyl sites for hydroxylation is 1. The van der Waals surface area contributed by atoms with E-state index in [1.165, 1.54) is 5.56 Å². The SMILES string of the molecule is O=C(Cl)Oc1ccccc1.O=C(O)C(CCc1ccccc1)c1ccccc1.O=CO. The number of ether oxygens (including phenoxy) is 1. The summed E-state index contributed by atoms with van der Waals surface area (Å²) in [6, 6.07) is 28.1. The summed E-state index contributed by atoms with van der Waals surface area (Å²) < 4.78 is 4.54. The van der Waals surface area contributed by atoms with Gasteiger partial charge in [0.1, 0.15) is 5.75 Å². The number of carboxylic acid groups (broad SMARTS) is 2. The molecule has 0 saturated carbocycles. The first-order valence-electron chi connectivity index (χ1n) is 9.29. The van der Waals surface area contributed by atoms with E-state index in [2.05, 4.69) is 4.74 Å². The molecule has 0 saturated heterocycles. The quantitative estimate of drug-likeness (QED) is 0.380. The molecule has 3 aromatic rings. The van der Waals surface area contributed by atoms with E-state index >= 15 is 0 Å². The summed E-state index contributed by atoms with van der Waals surface area (Å²) in [5, 5.41) is 16.2. The van der Waals surface area contributed by atoms with Crippen LogP contribution in [0.2, 0.25) is 0 Å². The standard InChI is InChI=1S/C16H16O2.C7H5ClO2.CH2O2/c17-16(18)15(14-9-5-2-6-10-14)12-11-13-7-3-1-4-8-13;8-7(9)10-6-4-2-1-3-5-6;2-1-3/h1-10,15H,11-12H2,(H,17,18);1-5H;1H,(H,2,3). The van der Waals surface area contributed by atoms with Crippen molar-refractivity contribution in [2.45, 2.75) is 18.8 Å². The van der Waals surface area contributed by atoms with Crippen LogP contribution < -0.4 is 4.74 Å². The molecule has 0 radical (unpaired) electrons. The van der Waals surface area contributed by atoms with Crippen molar-refractivity contribution in [3.63, 3.8) is 0 Å². The van der Waals surface area contributed by atoms with E-state index in [-0.39, 0.29) is 6.47 Å². The van der Waals surface area contributed by atoms with Crippen molar-refractivity contribution in [1.82, 2.24) is 0 Å². The molecule has 0 fully saturated rings. The molecule has 0 aliphatic rings. The molecule has 6 nitrogen and oxygen atoms in total. The number of carboxylic acids is 1. The molecule has 3 rings (SSSR count). The molecule has 0 spiro atoms. The Kier molecular flexibility index (Phi) is 12.5. The molecular formula is C24H23ClO6. The maximum atomic E-state index is 11.3. The summed E-state index contributed by atoms with van der Waals surface area (Å²) in [6.07, 6.45) is 1.41. The molecule has 1 atom stereocenters. The number of carbonyl (C=O) groups is 3. The van der Waals surface area contributed by atoms with Gasteiger partial charge in [-0.2, -0.15) is 0 Å². The Labute approximate surface area is 185 Å². The average Bonchev–Trinajstić information content (AvgIpc) is 2.76. The van der Waals surface area contributed by atoms with Gasteiger partial charge in [0.25, 0.3) is 6.47 Å². The van der Waals surface area contributed by atoms with Crippen LogP contribution in [0.3, 0.4) is 0 Å². The van der Waals surface area contributed by atoms with Gasteiger partial charge in [-0.05, 0) is 36.1 Å². The molecule has 31 heavy (non-hydrogen) atoms. The van der Waals surface area contributed by atoms with Crippen LogP contribution in [0.15, 0.2) is 91.0 Å². The second-order valence-electron chi connectivity index (χ2n) is 6.08. The average molecular weight is 443 g/mol. The van der Waals surface area contributed by atoms with E-state index in [1.807, 2.05) is 66.7 Å². The second kappa shape index (κ2) is 15.2. The molecule has 0 heterocycles. The van der Waals surface area contributed by atoms with Crippen LogP contribution in [0.25, 0.3) is 0 Å². The minimum Gasteiger partial charge on any atom is -0.483 e. The lowest BCUT2D eigenvalue weighted by Gasteiger charge is -2.12. The fraction of sp³-hybridized carbons (Fsp3) is 0.125. The highest BCUT2D eigenvalue weighted by Crippen LogP contribution is 2.22. The predicted octanol–water partition coefficient (Wildman–Crippen LogP) is 5.61. The lowest BCUT2D eigenvalue weighted by Crippen LogP contribution is -2.12. The minimum atomic E-state index is -0.814. The Morgan fingerprint density at radius 1 is 0.871 bits per heavy atom. The van der Waals surface area contributed by atoms with Gasteiger partial charge in [0.2, 0.25) is 0 Å². The molecule has 2 N–H and O–H groups in total. The highest BCUT2D eigenvalue weighted by Gasteiger charge is 2.18. The van der Waals surface area contributed by atoms with Crippen LogP contribution in [0.5, 0.6) is 5.75 Å². The van der Waals surface area contributed by atoms with Gasteiger partial charge in [-0.15, -0.1) is 0 Å². The molecule has 0 aromatic heterocycles. The number of halogens is 1. The first-order valence-corrected chi connectivity index (χ1v) is 9.67. The molecule has 0 amide bonds. The number of aliphatic carboxylic acids is 1. The van der Waals surface area contributed by atoms with E-state index < -0.39 is 17.3 Å². The molecule has 1 unspecified atom stereocenters. The number of carbonyl (C=O) groups excluding carboxylic acids is 1. The smallest absolute Gasteiger partial charge is 0.409 e. The molecule has 3 aromatic carbocycles. The number of hydrogen-bond donors (Lipinski definition) is 2. The van der Waals surface area contributed by atoms with Crippen molar-refractivity contribution in [2.24, 2.45) is 0 Å². The summed E-state index contributed by atoms with van der Waals surface area (Å²) in [7, 11) is 0. The van der Waals surface area contributed by atoms with Crippen LogP contribution in [0.1, 0.15) is 23.5 Å². The van der Waals surface area contributed by atoms with Gasteiger partial charge in [0.15, 0.2) is 0 Å². The fourth-order valence-corrected chi connectivity index (χ4v) is 2.74. The lowest BCUT2D eigenvalue weighted by atomic mass is 9.92. The van der Waals surface area contributed by atoms with Crippen molar-refractivity contribution >= 4 is 29.5 Å². The van der Waals surface area contributed by atoms with Crippen LogP contribution in [-0.4, -0.2) is 28.1 Å². The zero-order valence-electron chi connectivity index (χ0n) is 16.6. The number of para-hydroxylation sites is 1. The third-order valence-corrected chi connectivity index (χ3v) is 4.08. The summed E-state index contributed by atoms with van der Waals surface area (Å²) in [5.41, 5.74) is 1.24. The number of rotatable bonds is 6. The predicted molar refractivity (Wildman–Crippen MR) is 119 cm³/mol. The Hall–Kier alpha value is -3.64. The van der Waals surface area contributed by atoms with E-state index in [0.717, 1.165) is 12.0 Å². The van der Waals surface area contributed by atoms with Crippen LogP contribution in [0, 0.1) is 0 Å². The monoisotopic (exact) mass is 442 g/mol. The van der Waals surface area contributed by atoms with E-state index in [1.54, 1.807) is 24.3 Å². The van der Waals surface area contributed by atoms with E-state index in [4.69, 9.17) is 21.5 Å². The first kappa shape index (κ1) is 25.4. The van der Waals surface area contributed by atoms with Gasteiger partial charge < -0.3 is 14.9 Å². The largest absolute Gasteiger partial charge is 0.483 e. The van der Waals surface area contributed by atoms with Crippen molar-refractivity contribution < 1.29 is 29.3 Å². The third kappa shape index (κ3) is 11.2. The Morgan fingerprint density at radius 3 is 1.77 bits per heavy atom. The molecule has 162 valence electrons. The summed E-state index contributed by atoms with van der Waals surface area (Å²) in [5.74, 6) is -0.717. The van der Waals surface area contributed by atoms with Crippen molar-refractivity contribution in [3.8, 4) is 5.75 Å². The maximum absolute atomic E-state index is 11.3.